The van der Waals surface area contributed by atoms with E-state index in [1.54, 1.807) is 0 Å². The lowest BCUT2D eigenvalue weighted by atomic mass is 9.89. The summed E-state index contributed by atoms with van der Waals surface area (Å²) in [5.74, 6) is 0.220. The molecule has 4 nitrogen and oxygen atoms in total. The van der Waals surface area contributed by atoms with Crippen molar-refractivity contribution in [2.75, 3.05) is 16.8 Å². The number of thiocarbonyl (C=S) groups is 1. The highest BCUT2D eigenvalue weighted by molar-refractivity contribution is 7.80. The van der Waals surface area contributed by atoms with Gasteiger partial charge in [-0.25, -0.2) is 0 Å². The number of aryl methyl sites for hydroxylation is 2. The van der Waals surface area contributed by atoms with Gasteiger partial charge in [0.05, 0.1) is 0 Å². The quantitative estimate of drug-likeness (QED) is 0.617. The minimum absolute atomic E-state index is 0.0802. The van der Waals surface area contributed by atoms with Gasteiger partial charge in [0.25, 0.3) is 0 Å². The molecule has 0 atom stereocenters. The molecule has 1 heterocycles. The third-order valence-electron chi connectivity index (χ3n) is 6.49. The molecule has 1 aliphatic carbocycles. The average molecular weight is 422 g/mol. The van der Waals surface area contributed by atoms with E-state index in [0.29, 0.717) is 11.5 Å². The number of hydrogen-bond donors (Lipinski definition) is 2. The summed E-state index contributed by atoms with van der Waals surface area (Å²) in [5, 5.41) is 7.73. The molecule has 0 spiro atoms. The Morgan fingerprint density at radius 1 is 1.10 bits per heavy atom. The first-order valence-corrected chi connectivity index (χ1v) is 11.5. The fourth-order valence-corrected chi connectivity index (χ4v) is 5.19. The highest BCUT2D eigenvalue weighted by atomic mass is 32.1. The first-order chi connectivity index (χ1) is 14.5. The van der Waals surface area contributed by atoms with Crippen molar-refractivity contribution in [2.24, 2.45) is 0 Å². The standard InChI is InChI=1S/C25H31N3OS/c1-19-18-21(11-12-22(19)28-17-7-10-23(28)29)26-24(30)27-25(14-5-6-15-25)16-13-20-8-3-2-4-9-20/h2-4,8-9,11-12,18H,5-7,10,13-17H2,1H3,(H2,26,27,30). The van der Waals surface area contributed by atoms with Crippen LogP contribution in [-0.2, 0) is 11.2 Å². The molecule has 2 N–H and O–H groups in total. The second-order valence-electron chi connectivity index (χ2n) is 8.70. The Kier molecular flexibility index (Phi) is 6.38. The lowest BCUT2D eigenvalue weighted by molar-refractivity contribution is -0.117. The molecular formula is C25H31N3OS. The summed E-state index contributed by atoms with van der Waals surface area (Å²) in [5.41, 5.74) is 4.54. The van der Waals surface area contributed by atoms with Crippen LogP contribution in [0.4, 0.5) is 11.4 Å². The molecule has 0 unspecified atom stereocenters. The molecule has 30 heavy (non-hydrogen) atoms. The first kappa shape index (κ1) is 20.9. The highest BCUT2D eigenvalue weighted by Crippen LogP contribution is 2.34. The summed E-state index contributed by atoms with van der Waals surface area (Å²) in [6.45, 7) is 2.87. The third kappa shape index (κ3) is 4.84. The van der Waals surface area contributed by atoms with Crippen LogP contribution in [0, 0.1) is 6.92 Å². The molecule has 1 amide bonds. The van der Waals surface area contributed by atoms with E-state index in [1.807, 2.05) is 17.0 Å². The van der Waals surface area contributed by atoms with Crippen LogP contribution in [0.3, 0.4) is 0 Å². The predicted molar refractivity (Wildman–Crippen MR) is 128 cm³/mol. The molecule has 4 rings (SSSR count). The van der Waals surface area contributed by atoms with Gasteiger partial charge in [-0.05, 0) is 80.6 Å². The van der Waals surface area contributed by atoms with Crippen molar-refractivity contribution in [1.82, 2.24) is 5.32 Å². The van der Waals surface area contributed by atoms with E-state index < -0.39 is 0 Å². The van der Waals surface area contributed by atoms with Crippen molar-refractivity contribution >= 4 is 34.6 Å². The Balaban J connectivity index is 1.39. The maximum atomic E-state index is 12.1. The van der Waals surface area contributed by atoms with Gasteiger partial charge in [-0.1, -0.05) is 43.2 Å². The molecule has 2 aliphatic rings. The zero-order valence-electron chi connectivity index (χ0n) is 17.7. The topological polar surface area (TPSA) is 44.4 Å². The molecule has 2 aromatic carbocycles. The van der Waals surface area contributed by atoms with Gasteiger partial charge in [0, 0.05) is 29.9 Å². The van der Waals surface area contributed by atoms with E-state index in [1.165, 1.54) is 18.4 Å². The molecule has 0 aromatic heterocycles. The van der Waals surface area contributed by atoms with Crippen LogP contribution in [0.1, 0.15) is 56.1 Å². The third-order valence-corrected chi connectivity index (χ3v) is 6.70. The molecule has 0 radical (unpaired) electrons. The monoisotopic (exact) mass is 421 g/mol. The van der Waals surface area contributed by atoms with Crippen LogP contribution in [-0.4, -0.2) is 23.1 Å². The number of carbonyl (C=O) groups excluding carboxylic acids is 1. The number of nitrogens with zero attached hydrogens (tertiary/aromatic N) is 1. The van der Waals surface area contributed by atoms with Crippen molar-refractivity contribution in [3.63, 3.8) is 0 Å². The number of benzene rings is 2. The second kappa shape index (κ2) is 9.17. The Hall–Kier alpha value is -2.40. The molecule has 1 saturated heterocycles. The summed E-state index contributed by atoms with van der Waals surface area (Å²) >= 11 is 5.69. The van der Waals surface area contributed by atoms with Crippen LogP contribution in [0.5, 0.6) is 0 Å². The smallest absolute Gasteiger partial charge is 0.227 e. The molecule has 158 valence electrons. The van der Waals surface area contributed by atoms with Gasteiger partial charge in [0.15, 0.2) is 5.11 Å². The highest BCUT2D eigenvalue weighted by Gasteiger charge is 2.34. The number of nitrogens with one attached hydrogen (secondary N) is 2. The second-order valence-corrected chi connectivity index (χ2v) is 9.11. The predicted octanol–water partition coefficient (Wildman–Crippen LogP) is 5.35. The van der Waals surface area contributed by atoms with Gasteiger partial charge in [0.1, 0.15) is 0 Å². The van der Waals surface area contributed by atoms with Gasteiger partial charge < -0.3 is 15.5 Å². The first-order valence-electron chi connectivity index (χ1n) is 11.1. The molecule has 5 heteroatoms. The maximum absolute atomic E-state index is 12.1. The zero-order chi connectivity index (χ0) is 21.0. The van der Waals surface area contributed by atoms with Crippen LogP contribution >= 0.6 is 12.2 Å². The van der Waals surface area contributed by atoms with Crippen LogP contribution in [0.15, 0.2) is 48.5 Å². The molecular weight excluding hydrogens is 390 g/mol. The van der Waals surface area contributed by atoms with Crippen LogP contribution < -0.4 is 15.5 Å². The maximum Gasteiger partial charge on any atom is 0.227 e. The number of rotatable bonds is 6. The minimum Gasteiger partial charge on any atom is -0.357 e. The summed E-state index contributed by atoms with van der Waals surface area (Å²) in [6, 6.07) is 16.8. The fourth-order valence-electron chi connectivity index (χ4n) is 4.86. The van der Waals surface area contributed by atoms with E-state index >= 15 is 0 Å². The Morgan fingerprint density at radius 3 is 2.53 bits per heavy atom. The number of hydrogen-bond acceptors (Lipinski definition) is 2. The van der Waals surface area contributed by atoms with E-state index in [9.17, 15) is 4.79 Å². The van der Waals surface area contributed by atoms with Crippen molar-refractivity contribution in [2.45, 2.75) is 63.8 Å². The number of anilines is 2. The van der Waals surface area contributed by atoms with Crippen LogP contribution in [0.2, 0.25) is 0 Å². The zero-order valence-corrected chi connectivity index (χ0v) is 18.6. The van der Waals surface area contributed by atoms with Crippen molar-refractivity contribution in [3.8, 4) is 0 Å². The van der Waals surface area contributed by atoms with Crippen LogP contribution in [0.25, 0.3) is 0 Å². The van der Waals surface area contributed by atoms with Gasteiger partial charge in [0.2, 0.25) is 5.91 Å². The van der Waals surface area contributed by atoms with Gasteiger partial charge in [-0.15, -0.1) is 0 Å². The molecule has 1 saturated carbocycles. The molecule has 1 aliphatic heterocycles. The SMILES string of the molecule is Cc1cc(NC(=S)NC2(CCc3ccccc3)CCCC2)ccc1N1CCCC1=O. The Labute approximate surface area is 185 Å². The lowest BCUT2D eigenvalue weighted by Gasteiger charge is -2.32. The summed E-state index contributed by atoms with van der Waals surface area (Å²) < 4.78 is 0. The van der Waals surface area contributed by atoms with E-state index in [4.69, 9.17) is 12.2 Å². The van der Waals surface area contributed by atoms with E-state index in [-0.39, 0.29) is 11.4 Å². The van der Waals surface area contributed by atoms with Crippen molar-refractivity contribution in [3.05, 3.63) is 59.7 Å². The van der Waals surface area contributed by atoms with E-state index in [2.05, 4.69) is 54.0 Å². The summed E-state index contributed by atoms with van der Waals surface area (Å²) in [7, 11) is 0. The number of carbonyl (C=O) groups is 1. The van der Waals surface area contributed by atoms with Gasteiger partial charge in [-0.3, -0.25) is 4.79 Å². The Morgan fingerprint density at radius 2 is 1.87 bits per heavy atom. The van der Waals surface area contributed by atoms with Gasteiger partial charge >= 0.3 is 0 Å². The normalized spacial score (nSPS) is 17.9. The summed E-state index contributed by atoms with van der Waals surface area (Å²) in [6.07, 6.45) is 8.58. The average Bonchev–Trinajstić information content (AvgIpc) is 3.37. The van der Waals surface area contributed by atoms with Crippen molar-refractivity contribution in [1.29, 1.82) is 0 Å². The Bertz CT molecular complexity index is 906. The fraction of sp³-hybridized carbons (Fsp3) is 0.440. The largest absolute Gasteiger partial charge is 0.357 e. The minimum atomic E-state index is 0.0802. The lowest BCUT2D eigenvalue weighted by Crippen LogP contribution is -2.48. The molecule has 2 fully saturated rings. The molecule has 0 bridgehead atoms. The van der Waals surface area contributed by atoms with E-state index in [0.717, 1.165) is 55.6 Å². The number of amides is 1. The van der Waals surface area contributed by atoms with Crippen molar-refractivity contribution < 1.29 is 4.79 Å². The molecule has 2 aromatic rings. The van der Waals surface area contributed by atoms with Gasteiger partial charge in [-0.2, -0.15) is 0 Å². The summed E-state index contributed by atoms with van der Waals surface area (Å²) in [4.78, 5) is 14.0.